The van der Waals surface area contributed by atoms with E-state index in [-0.39, 0.29) is 6.10 Å². The van der Waals surface area contributed by atoms with Crippen LogP contribution in [0.4, 0.5) is 0 Å². The zero-order valence-electron chi connectivity index (χ0n) is 10.5. The third kappa shape index (κ3) is 2.17. The molecule has 0 bridgehead atoms. The number of hydrogen-bond donors (Lipinski definition) is 1. The summed E-state index contributed by atoms with van der Waals surface area (Å²) in [6.45, 7) is 4.67. The standard InChI is InChI=1S/C14H17N3O/c1-11-6-7-16-17(11)13-4-2-12(3-5-13)14-10-15-8-9-18-14/h2-7,14-15H,8-10H2,1H3. The zero-order valence-corrected chi connectivity index (χ0v) is 10.5. The Kier molecular flexibility index (Phi) is 3.13. The minimum atomic E-state index is 0.173. The van der Waals surface area contributed by atoms with Crippen molar-refractivity contribution >= 4 is 0 Å². The van der Waals surface area contributed by atoms with Crippen LogP contribution in [0.1, 0.15) is 17.4 Å². The molecule has 18 heavy (non-hydrogen) atoms. The summed E-state index contributed by atoms with van der Waals surface area (Å²) in [4.78, 5) is 0. The van der Waals surface area contributed by atoms with Gasteiger partial charge in [0.2, 0.25) is 0 Å². The van der Waals surface area contributed by atoms with Crippen molar-refractivity contribution in [3.05, 3.63) is 47.8 Å². The van der Waals surface area contributed by atoms with E-state index in [1.165, 1.54) is 5.56 Å². The Bertz CT molecular complexity index is 512. The average Bonchev–Trinajstić information content (AvgIpc) is 2.86. The van der Waals surface area contributed by atoms with Crippen LogP contribution in [-0.4, -0.2) is 29.5 Å². The Morgan fingerprint density at radius 1 is 1.28 bits per heavy atom. The molecule has 4 heteroatoms. The van der Waals surface area contributed by atoms with E-state index in [1.807, 2.05) is 16.9 Å². The van der Waals surface area contributed by atoms with Gasteiger partial charge < -0.3 is 10.1 Å². The second kappa shape index (κ2) is 4.92. The highest BCUT2D eigenvalue weighted by atomic mass is 16.5. The molecule has 4 nitrogen and oxygen atoms in total. The molecule has 2 heterocycles. The fourth-order valence-corrected chi connectivity index (χ4v) is 2.25. The number of morpholine rings is 1. The van der Waals surface area contributed by atoms with Gasteiger partial charge in [-0.1, -0.05) is 12.1 Å². The van der Waals surface area contributed by atoms with Gasteiger partial charge in [0.15, 0.2) is 0 Å². The van der Waals surface area contributed by atoms with Gasteiger partial charge in [0.05, 0.1) is 18.4 Å². The molecule has 1 aliphatic heterocycles. The van der Waals surface area contributed by atoms with Crippen LogP contribution in [0.2, 0.25) is 0 Å². The maximum absolute atomic E-state index is 5.73. The highest BCUT2D eigenvalue weighted by Gasteiger charge is 2.15. The molecule has 1 fully saturated rings. The lowest BCUT2D eigenvalue weighted by Gasteiger charge is -2.24. The van der Waals surface area contributed by atoms with Crippen LogP contribution in [0, 0.1) is 6.92 Å². The zero-order chi connectivity index (χ0) is 12.4. The summed E-state index contributed by atoms with van der Waals surface area (Å²) < 4.78 is 7.67. The molecule has 1 aromatic heterocycles. The fourth-order valence-electron chi connectivity index (χ4n) is 2.25. The van der Waals surface area contributed by atoms with Crippen molar-refractivity contribution < 1.29 is 4.74 Å². The number of rotatable bonds is 2. The number of aryl methyl sites for hydroxylation is 1. The van der Waals surface area contributed by atoms with Crippen molar-refractivity contribution in [3.8, 4) is 5.69 Å². The van der Waals surface area contributed by atoms with E-state index in [2.05, 4.69) is 41.6 Å². The molecular weight excluding hydrogens is 226 g/mol. The Balaban J connectivity index is 1.82. The van der Waals surface area contributed by atoms with Crippen molar-refractivity contribution in [3.63, 3.8) is 0 Å². The molecule has 1 saturated heterocycles. The Morgan fingerprint density at radius 3 is 2.72 bits per heavy atom. The molecule has 1 atom stereocenters. The first-order valence-electron chi connectivity index (χ1n) is 6.28. The van der Waals surface area contributed by atoms with Gasteiger partial charge in [0.1, 0.15) is 0 Å². The molecule has 0 saturated carbocycles. The number of benzene rings is 1. The van der Waals surface area contributed by atoms with Crippen molar-refractivity contribution in [2.75, 3.05) is 19.7 Å². The van der Waals surface area contributed by atoms with Gasteiger partial charge in [0, 0.05) is 25.0 Å². The number of ether oxygens (including phenoxy) is 1. The van der Waals surface area contributed by atoms with Gasteiger partial charge in [-0.3, -0.25) is 0 Å². The minimum absolute atomic E-state index is 0.173. The number of aromatic nitrogens is 2. The summed E-state index contributed by atoms with van der Waals surface area (Å²) in [5.74, 6) is 0. The number of nitrogens with one attached hydrogen (secondary N) is 1. The molecule has 94 valence electrons. The van der Waals surface area contributed by atoms with E-state index >= 15 is 0 Å². The van der Waals surface area contributed by atoms with Crippen molar-refractivity contribution in [2.24, 2.45) is 0 Å². The van der Waals surface area contributed by atoms with Crippen LogP contribution in [-0.2, 0) is 4.74 Å². The lowest BCUT2D eigenvalue weighted by atomic mass is 10.1. The molecule has 0 spiro atoms. The summed E-state index contributed by atoms with van der Waals surface area (Å²) in [5, 5.41) is 7.64. The Hall–Kier alpha value is -1.65. The maximum Gasteiger partial charge on any atom is 0.0949 e. The van der Waals surface area contributed by atoms with Gasteiger partial charge in [-0.25, -0.2) is 4.68 Å². The van der Waals surface area contributed by atoms with E-state index in [4.69, 9.17) is 4.74 Å². The molecule has 0 aliphatic carbocycles. The predicted molar refractivity (Wildman–Crippen MR) is 69.9 cm³/mol. The highest BCUT2D eigenvalue weighted by Crippen LogP contribution is 2.20. The fraction of sp³-hybridized carbons (Fsp3) is 0.357. The van der Waals surface area contributed by atoms with Gasteiger partial charge in [-0.05, 0) is 30.7 Å². The maximum atomic E-state index is 5.73. The third-order valence-electron chi connectivity index (χ3n) is 3.27. The summed E-state index contributed by atoms with van der Waals surface area (Å²) in [6.07, 6.45) is 1.99. The van der Waals surface area contributed by atoms with Crippen LogP contribution in [0.25, 0.3) is 5.69 Å². The molecule has 2 aromatic rings. The third-order valence-corrected chi connectivity index (χ3v) is 3.27. The highest BCUT2D eigenvalue weighted by molar-refractivity contribution is 5.36. The smallest absolute Gasteiger partial charge is 0.0949 e. The van der Waals surface area contributed by atoms with Crippen LogP contribution in [0.15, 0.2) is 36.5 Å². The lowest BCUT2D eigenvalue weighted by Crippen LogP contribution is -2.33. The van der Waals surface area contributed by atoms with Crippen LogP contribution >= 0.6 is 0 Å². The predicted octanol–water partition coefficient (Wildman–Crippen LogP) is 1.84. The summed E-state index contributed by atoms with van der Waals surface area (Å²) in [5.41, 5.74) is 3.44. The molecule has 0 amide bonds. The van der Waals surface area contributed by atoms with Crippen molar-refractivity contribution in [1.82, 2.24) is 15.1 Å². The Labute approximate surface area is 107 Å². The second-order valence-corrected chi connectivity index (χ2v) is 4.54. The van der Waals surface area contributed by atoms with E-state index in [9.17, 15) is 0 Å². The lowest BCUT2D eigenvalue weighted by molar-refractivity contribution is 0.0277. The number of nitrogens with zero attached hydrogens (tertiary/aromatic N) is 2. The quantitative estimate of drug-likeness (QED) is 0.874. The molecule has 1 aliphatic rings. The minimum Gasteiger partial charge on any atom is -0.371 e. The SMILES string of the molecule is Cc1ccnn1-c1ccc(C2CNCCO2)cc1. The van der Waals surface area contributed by atoms with E-state index in [0.29, 0.717) is 0 Å². The molecule has 0 radical (unpaired) electrons. The van der Waals surface area contributed by atoms with Gasteiger partial charge in [-0.2, -0.15) is 5.10 Å². The monoisotopic (exact) mass is 243 g/mol. The first-order valence-corrected chi connectivity index (χ1v) is 6.28. The van der Waals surface area contributed by atoms with Crippen LogP contribution in [0.3, 0.4) is 0 Å². The molecular formula is C14H17N3O. The van der Waals surface area contributed by atoms with Crippen LogP contribution in [0.5, 0.6) is 0 Å². The first-order chi connectivity index (χ1) is 8.84. The van der Waals surface area contributed by atoms with Crippen molar-refractivity contribution in [1.29, 1.82) is 0 Å². The van der Waals surface area contributed by atoms with Gasteiger partial charge in [-0.15, -0.1) is 0 Å². The van der Waals surface area contributed by atoms with Gasteiger partial charge in [0.25, 0.3) is 0 Å². The van der Waals surface area contributed by atoms with Crippen molar-refractivity contribution in [2.45, 2.75) is 13.0 Å². The first kappa shape index (κ1) is 11.4. The topological polar surface area (TPSA) is 39.1 Å². The van der Waals surface area contributed by atoms with Crippen LogP contribution < -0.4 is 5.32 Å². The molecule has 1 N–H and O–H groups in total. The average molecular weight is 243 g/mol. The molecule has 3 rings (SSSR count). The largest absolute Gasteiger partial charge is 0.371 e. The number of hydrogen-bond acceptors (Lipinski definition) is 3. The Morgan fingerprint density at radius 2 is 2.11 bits per heavy atom. The van der Waals surface area contributed by atoms with Gasteiger partial charge >= 0.3 is 0 Å². The normalized spacial score (nSPS) is 19.9. The summed E-state index contributed by atoms with van der Waals surface area (Å²) >= 11 is 0. The second-order valence-electron chi connectivity index (χ2n) is 4.54. The summed E-state index contributed by atoms with van der Waals surface area (Å²) in [7, 11) is 0. The molecule has 1 unspecified atom stereocenters. The van der Waals surface area contributed by atoms with E-state index in [1.54, 1.807) is 0 Å². The summed E-state index contributed by atoms with van der Waals surface area (Å²) in [6, 6.07) is 10.4. The van der Waals surface area contributed by atoms with E-state index < -0.39 is 0 Å². The van der Waals surface area contributed by atoms with E-state index in [0.717, 1.165) is 31.1 Å². The molecule has 1 aromatic carbocycles.